The molecule has 11 heavy (non-hydrogen) atoms. The molecule has 0 unspecified atom stereocenters. The fraction of sp³-hybridized carbons (Fsp3) is 0.250. The molecule has 0 bridgehead atoms. The molecule has 0 saturated carbocycles. The van der Waals surface area contributed by atoms with Crippen molar-refractivity contribution in [3.63, 3.8) is 0 Å². The van der Waals surface area contributed by atoms with E-state index >= 15 is 0 Å². The first-order valence-electron chi connectivity index (χ1n) is 2.90. The van der Waals surface area contributed by atoms with Crippen LogP contribution in [0.3, 0.4) is 0 Å². The second kappa shape index (κ2) is 2.18. The molecule has 1 rings (SSSR count). The molecule has 2 N–H and O–H groups in total. The molecule has 0 aromatic carbocycles. The highest BCUT2D eigenvalue weighted by molar-refractivity contribution is 6.74. The minimum absolute atomic E-state index is 0.336. The monoisotopic (exact) mass is 164 g/mol. The third kappa shape index (κ3) is 1.31. The van der Waals surface area contributed by atoms with Gasteiger partial charge in [0, 0.05) is 13.2 Å². The lowest BCUT2D eigenvalue weighted by Gasteiger charge is -2.12. The fourth-order valence-corrected chi connectivity index (χ4v) is 0.716. The lowest BCUT2D eigenvalue weighted by molar-refractivity contribution is 0.501. The van der Waals surface area contributed by atoms with Crippen LogP contribution in [-0.4, -0.2) is 16.8 Å². The van der Waals surface area contributed by atoms with Crippen molar-refractivity contribution in [1.29, 1.82) is 0 Å². The molecule has 0 amide bonds. The number of nitrogens with two attached hydrogens (primary N) is 1. The van der Waals surface area contributed by atoms with Gasteiger partial charge in [0.1, 0.15) is 0 Å². The summed E-state index contributed by atoms with van der Waals surface area (Å²) in [7, 11) is 1.36. The van der Waals surface area contributed by atoms with Gasteiger partial charge in [-0.1, -0.05) is 0 Å². The van der Waals surface area contributed by atoms with E-state index in [0.717, 1.165) is 10.9 Å². The molecule has 0 fully saturated rings. The lowest BCUT2D eigenvalue weighted by Crippen LogP contribution is -2.35. The molecule has 0 radical (unpaired) electrons. The summed E-state index contributed by atoms with van der Waals surface area (Å²) in [6.45, 7) is -5.02. The number of halogens is 3. The van der Waals surface area contributed by atoms with Gasteiger partial charge in [0.15, 0.2) is 0 Å². The highest BCUT2D eigenvalue weighted by atomic mass is 19.4. The maximum absolute atomic E-state index is 12.0. The molecule has 0 atom stereocenters. The zero-order chi connectivity index (χ0) is 8.65. The lowest BCUT2D eigenvalue weighted by atomic mass is 9.82. The Bertz CT molecular complexity index is 266. The summed E-state index contributed by atoms with van der Waals surface area (Å²) < 4.78 is 37.0. The van der Waals surface area contributed by atoms with E-state index in [2.05, 4.69) is 5.10 Å². The van der Waals surface area contributed by atoms with Crippen molar-refractivity contribution in [3.05, 3.63) is 6.20 Å². The van der Waals surface area contributed by atoms with Crippen LogP contribution in [0, 0.1) is 0 Å². The molecule has 1 aromatic heterocycles. The molecule has 0 spiro atoms. The van der Waals surface area contributed by atoms with Crippen molar-refractivity contribution < 1.29 is 12.9 Å². The molecule has 0 saturated heterocycles. The van der Waals surface area contributed by atoms with E-state index in [-0.39, 0.29) is 5.82 Å². The zero-order valence-electron chi connectivity index (χ0n) is 5.76. The van der Waals surface area contributed by atoms with Gasteiger partial charge in [-0.15, -0.1) is 0 Å². The van der Waals surface area contributed by atoms with Gasteiger partial charge >= 0.3 is 6.98 Å². The minimum Gasteiger partial charge on any atom is -0.445 e. The van der Waals surface area contributed by atoms with Gasteiger partial charge in [-0.2, -0.15) is 5.10 Å². The fourth-order valence-electron chi connectivity index (χ4n) is 0.716. The van der Waals surface area contributed by atoms with Crippen molar-refractivity contribution >= 4 is 18.3 Å². The highest BCUT2D eigenvalue weighted by Gasteiger charge is 2.29. The molecule has 0 aliphatic rings. The first-order valence-corrected chi connectivity index (χ1v) is 2.90. The molecule has 1 heterocycles. The van der Waals surface area contributed by atoms with Crippen LogP contribution in [0.5, 0.6) is 0 Å². The van der Waals surface area contributed by atoms with Crippen LogP contribution in [0.2, 0.25) is 0 Å². The number of aryl methyl sites for hydroxylation is 1. The molecule has 7 heteroatoms. The van der Waals surface area contributed by atoms with E-state index in [1.807, 2.05) is 0 Å². The Hall–Kier alpha value is -1.14. The number of nitrogens with zero attached hydrogens (tertiary/aromatic N) is 2. The number of anilines is 1. The van der Waals surface area contributed by atoms with E-state index in [1.54, 1.807) is 0 Å². The third-order valence-corrected chi connectivity index (χ3v) is 1.37. The van der Waals surface area contributed by atoms with E-state index in [0.29, 0.717) is 0 Å². The predicted molar refractivity (Wildman–Crippen MR) is 36.3 cm³/mol. The summed E-state index contributed by atoms with van der Waals surface area (Å²) >= 11 is 0. The van der Waals surface area contributed by atoms with Crippen LogP contribution in [0.15, 0.2) is 6.20 Å². The summed E-state index contributed by atoms with van der Waals surface area (Å²) in [6.07, 6.45) is 0.731. The number of hydrogen-bond donors (Lipinski definition) is 1. The van der Waals surface area contributed by atoms with E-state index < -0.39 is 12.4 Å². The zero-order valence-corrected chi connectivity index (χ0v) is 5.76. The van der Waals surface area contributed by atoms with Crippen LogP contribution < -0.4 is 11.2 Å². The molecule has 0 aliphatic heterocycles. The molecule has 1 aromatic rings. The maximum Gasteiger partial charge on any atom is 0.514 e. The standard InChI is InChI=1S/C4H6BF3N3/c1-11-4(9)3(2-10-11)5(6,7)8/h2H,9H2,1H3/q-1. The Balaban J connectivity index is 3.15. The predicted octanol–water partition coefficient (Wildman–Crippen LogP) is 0.0567. The number of aromatic nitrogens is 2. The summed E-state index contributed by atoms with van der Waals surface area (Å²) in [5.74, 6) is -0.336. The van der Waals surface area contributed by atoms with Crippen molar-refractivity contribution in [2.45, 2.75) is 0 Å². The van der Waals surface area contributed by atoms with Gasteiger partial charge in [-0.25, -0.2) is 0 Å². The Morgan fingerprint density at radius 1 is 1.55 bits per heavy atom. The smallest absolute Gasteiger partial charge is 0.445 e. The number of rotatable bonds is 1. The van der Waals surface area contributed by atoms with Crippen LogP contribution >= 0.6 is 0 Å². The summed E-state index contributed by atoms with van der Waals surface area (Å²) in [5.41, 5.74) is 4.26. The normalized spacial score (nSPS) is 12.0. The minimum atomic E-state index is -5.02. The second-order valence-corrected chi connectivity index (χ2v) is 2.18. The van der Waals surface area contributed by atoms with Crippen LogP contribution in [0.25, 0.3) is 0 Å². The maximum atomic E-state index is 12.0. The summed E-state index contributed by atoms with van der Waals surface area (Å²) in [6, 6.07) is 0. The van der Waals surface area contributed by atoms with Gasteiger partial charge in [0.05, 0.1) is 5.82 Å². The first-order chi connectivity index (χ1) is 4.93. The van der Waals surface area contributed by atoms with Gasteiger partial charge in [-0.05, 0) is 5.46 Å². The summed E-state index contributed by atoms with van der Waals surface area (Å²) in [5, 5.41) is 3.37. The van der Waals surface area contributed by atoms with Crippen LogP contribution in [-0.2, 0) is 7.05 Å². The van der Waals surface area contributed by atoms with E-state index in [1.165, 1.54) is 7.05 Å². The molecule has 62 valence electrons. The third-order valence-electron chi connectivity index (χ3n) is 1.37. The number of nitrogen functional groups attached to an aromatic ring is 1. The van der Waals surface area contributed by atoms with E-state index in [9.17, 15) is 12.9 Å². The second-order valence-electron chi connectivity index (χ2n) is 2.18. The number of hydrogen-bond acceptors (Lipinski definition) is 2. The van der Waals surface area contributed by atoms with Gasteiger partial charge < -0.3 is 18.7 Å². The SMILES string of the molecule is Cn1ncc([B-](F)(F)F)c1N. The quantitative estimate of drug-likeness (QED) is 0.596. The molecular weight excluding hydrogens is 158 g/mol. The van der Waals surface area contributed by atoms with Crippen molar-refractivity contribution in [2.24, 2.45) is 7.05 Å². The van der Waals surface area contributed by atoms with Gasteiger partial charge in [-0.3, -0.25) is 4.68 Å². The van der Waals surface area contributed by atoms with E-state index in [4.69, 9.17) is 5.73 Å². The molecular formula is C4H6BF3N3-. The van der Waals surface area contributed by atoms with Gasteiger partial charge in [0.25, 0.3) is 0 Å². The topological polar surface area (TPSA) is 43.8 Å². The van der Waals surface area contributed by atoms with Crippen molar-refractivity contribution in [3.8, 4) is 0 Å². The average Bonchev–Trinajstić information content (AvgIpc) is 2.11. The largest absolute Gasteiger partial charge is 0.514 e. The van der Waals surface area contributed by atoms with Crippen LogP contribution in [0.4, 0.5) is 18.8 Å². The van der Waals surface area contributed by atoms with Crippen molar-refractivity contribution in [1.82, 2.24) is 9.78 Å². The Morgan fingerprint density at radius 3 is 2.27 bits per heavy atom. The Labute approximate surface area is 61.0 Å². The summed E-state index contributed by atoms with van der Waals surface area (Å²) in [4.78, 5) is 0. The molecule has 3 nitrogen and oxygen atoms in total. The van der Waals surface area contributed by atoms with Crippen LogP contribution in [0.1, 0.15) is 0 Å². The average molecular weight is 164 g/mol. The molecule has 0 aliphatic carbocycles. The first kappa shape index (κ1) is 7.97. The van der Waals surface area contributed by atoms with Crippen molar-refractivity contribution in [2.75, 3.05) is 5.73 Å². The van der Waals surface area contributed by atoms with Gasteiger partial charge in [0.2, 0.25) is 0 Å². The Kier molecular flexibility index (Phi) is 1.58. The Morgan fingerprint density at radius 2 is 2.09 bits per heavy atom. The highest BCUT2D eigenvalue weighted by Crippen LogP contribution is 2.11.